The van der Waals surface area contributed by atoms with E-state index in [1.54, 1.807) is 0 Å². The van der Waals surface area contributed by atoms with Crippen LogP contribution in [0.4, 0.5) is 0 Å². The zero-order chi connectivity index (χ0) is 16.3. The molecule has 124 valence electrons. The number of benzene rings is 1. The molecule has 4 atom stereocenters. The van der Waals surface area contributed by atoms with E-state index in [-0.39, 0.29) is 12.0 Å². The highest BCUT2D eigenvalue weighted by molar-refractivity contribution is 6.30. The highest BCUT2D eigenvalue weighted by Gasteiger charge is 2.51. The van der Waals surface area contributed by atoms with Crippen LogP contribution >= 0.6 is 11.6 Å². The van der Waals surface area contributed by atoms with E-state index in [2.05, 4.69) is 6.08 Å². The van der Waals surface area contributed by atoms with Crippen molar-refractivity contribution in [3.63, 3.8) is 0 Å². The predicted octanol–water partition coefficient (Wildman–Crippen LogP) is 5.18. The van der Waals surface area contributed by atoms with Gasteiger partial charge in [-0.3, -0.25) is 4.79 Å². The summed E-state index contributed by atoms with van der Waals surface area (Å²) >= 11 is 6.05. The molecule has 5 rings (SSSR count). The average Bonchev–Trinajstić information content (AvgIpc) is 2.96. The van der Waals surface area contributed by atoms with Crippen molar-refractivity contribution in [1.82, 2.24) is 0 Å². The van der Waals surface area contributed by atoms with Gasteiger partial charge >= 0.3 is 0 Å². The molecule has 2 saturated carbocycles. The number of hydrogen-bond acceptors (Lipinski definition) is 2. The van der Waals surface area contributed by atoms with Crippen molar-refractivity contribution in [2.75, 3.05) is 0 Å². The van der Waals surface area contributed by atoms with E-state index in [0.29, 0.717) is 17.6 Å². The second-order valence-electron chi connectivity index (χ2n) is 7.58. The first kappa shape index (κ1) is 14.8. The lowest BCUT2D eigenvalue weighted by atomic mass is 9.59. The minimum absolute atomic E-state index is 0.170. The lowest BCUT2D eigenvalue weighted by molar-refractivity contribution is -0.126. The zero-order valence-electron chi connectivity index (χ0n) is 13.6. The maximum atomic E-state index is 12.6. The summed E-state index contributed by atoms with van der Waals surface area (Å²) < 4.78 is 6.43. The van der Waals surface area contributed by atoms with Crippen molar-refractivity contribution in [3.05, 3.63) is 52.1 Å². The Morgan fingerprint density at radius 3 is 2.71 bits per heavy atom. The maximum Gasteiger partial charge on any atom is 0.140 e. The number of hydrogen-bond donors (Lipinski definition) is 0. The summed E-state index contributed by atoms with van der Waals surface area (Å²) in [4.78, 5) is 12.6. The number of allylic oxidation sites excluding steroid dienone is 2. The lowest BCUT2D eigenvalue weighted by Gasteiger charge is -2.43. The fraction of sp³-hybridized carbons (Fsp3) is 0.476. The molecule has 1 heterocycles. The smallest absolute Gasteiger partial charge is 0.140 e. The molecule has 2 nitrogen and oxygen atoms in total. The van der Waals surface area contributed by atoms with Crippen LogP contribution in [-0.4, -0.2) is 11.9 Å². The molecule has 3 aliphatic carbocycles. The van der Waals surface area contributed by atoms with Crippen LogP contribution in [-0.2, 0) is 9.53 Å². The third kappa shape index (κ3) is 2.12. The van der Waals surface area contributed by atoms with Gasteiger partial charge in [0, 0.05) is 34.4 Å². The SMILES string of the molecule is O=C1CCCC2=CC3=C(c4ccc(Cl)cc4)O[C@H]4CCC[C@@H]([C@H]12)[C@@H]34. The molecule has 1 aromatic rings. The summed E-state index contributed by atoms with van der Waals surface area (Å²) in [6.07, 6.45) is 8.84. The molecule has 0 saturated heterocycles. The Morgan fingerprint density at radius 1 is 1.04 bits per heavy atom. The number of rotatable bonds is 1. The number of ketones is 1. The fourth-order valence-corrected chi connectivity index (χ4v) is 5.48. The van der Waals surface area contributed by atoms with Crippen molar-refractivity contribution in [3.8, 4) is 0 Å². The van der Waals surface area contributed by atoms with Crippen LogP contribution in [0.3, 0.4) is 0 Å². The summed E-state index contributed by atoms with van der Waals surface area (Å²) in [5.41, 5.74) is 3.81. The normalized spacial score (nSPS) is 34.4. The van der Waals surface area contributed by atoms with E-state index in [1.165, 1.54) is 17.6 Å². The Labute approximate surface area is 147 Å². The van der Waals surface area contributed by atoms with Gasteiger partial charge in [-0.25, -0.2) is 0 Å². The van der Waals surface area contributed by atoms with Crippen molar-refractivity contribution in [2.45, 2.75) is 44.6 Å². The van der Waals surface area contributed by atoms with Gasteiger partial charge in [-0.05, 0) is 62.3 Å². The van der Waals surface area contributed by atoms with Gasteiger partial charge in [0.25, 0.3) is 0 Å². The molecular weight excluding hydrogens is 320 g/mol. The van der Waals surface area contributed by atoms with Gasteiger partial charge in [0.1, 0.15) is 17.6 Å². The number of halogens is 1. The number of ether oxygens (including phenoxy) is 1. The van der Waals surface area contributed by atoms with Crippen LogP contribution in [0.25, 0.3) is 5.76 Å². The third-order valence-corrected chi connectivity index (χ3v) is 6.54. The first-order valence-corrected chi connectivity index (χ1v) is 9.50. The second kappa shape index (κ2) is 5.49. The maximum absolute atomic E-state index is 12.6. The highest BCUT2D eigenvalue weighted by atomic mass is 35.5. The van der Waals surface area contributed by atoms with E-state index in [4.69, 9.17) is 16.3 Å². The lowest BCUT2D eigenvalue weighted by Crippen LogP contribution is -2.42. The molecule has 24 heavy (non-hydrogen) atoms. The van der Waals surface area contributed by atoms with Gasteiger partial charge in [-0.2, -0.15) is 0 Å². The van der Waals surface area contributed by atoms with Crippen LogP contribution in [0.15, 0.2) is 41.5 Å². The fourth-order valence-electron chi connectivity index (χ4n) is 5.36. The number of fused-ring (bicyclic) bond motifs is 2. The topological polar surface area (TPSA) is 26.3 Å². The highest BCUT2D eigenvalue weighted by Crippen LogP contribution is 2.55. The van der Waals surface area contributed by atoms with Crippen LogP contribution < -0.4 is 0 Å². The van der Waals surface area contributed by atoms with Crippen molar-refractivity contribution in [1.29, 1.82) is 0 Å². The molecule has 1 aliphatic heterocycles. The molecule has 4 aliphatic rings. The first-order valence-electron chi connectivity index (χ1n) is 9.12. The Balaban J connectivity index is 1.65. The second-order valence-corrected chi connectivity index (χ2v) is 8.02. The minimum atomic E-state index is 0.170. The van der Waals surface area contributed by atoms with Gasteiger partial charge in [-0.15, -0.1) is 0 Å². The molecule has 2 fully saturated rings. The van der Waals surface area contributed by atoms with E-state index >= 15 is 0 Å². The summed E-state index contributed by atoms with van der Waals surface area (Å²) in [6.45, 7) is 0. The number of carbonyl (C=O) groups excluding carboxylic acids is 1. The Hall–Kier alpha value is -1.54. The summed E-state index contributed by atoms with van der Waals surface area (Å²) in [5.74, 6) is 2.52. The molecule has 0 spiro atoms. The Kier molecular flexibility index (Phi) is 3.38. The zero-order valence-corrected chi connectivity index (χ0v) is 14.4. The molecule has 3 heteroatoms. The van der Waals surface area contributed by atoms with Crippen LogP contribution in [0.2, 0.25) is 5.02 Å². The number of carbonyl (C=O) groups is 1. The summed E-state index contributed by atoms with van der Waals surface area (Å²) in [6, 6.07) is 7.95. The molecule has 0 amide bonds. The van der Waals surface area contributed by atoms with Crippen LogP contribution in [0, 0.1) is 17.8 Å². The largest absolute Gasteiger partial charge is 0.489 e. The first-order chi connectivity index (χ1) is 11.7. The summed E-state index contributed by atoms with van der Waals surface area (Å²) in [5, 5.41) is 0.748. The molecule has 1 aromatic carbocycles. The van der Waals surface area contributed by atoms with Crippen LogP contribution in [0.5, 0.6) is 0 Å². The van der Waals surface area contributed by atoms with Gasteiger partial charge in [-0.1, -0.05) is 23.3 Å². The van der Waals surface area contributed by atoms with Crippen molar-refractivity contribution < 1.29 is 9.53 Å². The quantitative estimate of drug-likeness (QED) is 0.704. The molecule has 0 radical (unpaired) electrons. The van der Waals surface area contributed by atoms with Crippen molar-refractivity contribution >= 4 is 23.1 Å². The molecule has 0 N–H and O–H groups in total. The Bertz CT molecular complexity index is 759. The molecule has 0 unspecified atom stereocenters. The van der Waals surface area contributed by atoms with E-state index in [0.717, 1.165) is 48.4 Å². The monoisotopic (exact) mass is 340 g/mol. The standard InChI is InChI=1S/C21H21ClO2/c22-14-9-7-12(8-10-14)21-16-11-13-3-1-5-17(23)19(13)15-4-2-6-18(24-21)20(15)16/h7-11,15,18-20H,1-6H2/t15-,18-,19+,20-/m0/s1. The third-order valence-electron chi connectivity index (χ3n) is 6.29. The molecule has 0 aromatic heterocycles. The van der Waals surface area contributed by atoms with Gasteiger partial charge in [0.2, 0.25) is 0 Å². The predicted molar refractivity (Wildman–Crippen MR) is 94.5 cm³/mol. The van der Waals surface area contributed by atoms with E-state index in [9.17, 15) is 4.79 Å². The van der Waals surface area contributed by atoms with Crippen LogP contribution in [0.1, 0.15) is 44.1 Å². The van der Waals surface area contributed by atoms with E-state index in [1.807, 2.05) is 24.3 Å². The van der Waals surface area contributed by atoms with Gasteiger partial charge < -0.3 is 4.74 Å². The minimum Gasteiger partial charge on any atom is -0.489 e. The van der Waals surface area contributed by atoms with Gasteiger partial charge in [0.05, 0.1) is 0 Å². The Morgan fingerprint density at radius 2 is 1.88 bits per heavy atom. The van der Waals surface area contributed by atoms with Crippen molar-refractivity contribution in [2.24, 2.45) is 17.8 Å². The van der Waals surface area contributed by atoms with E-state index < -0.39 is 0 Å². The average molecular weight is 341 g/mol. The molecule has 0 bridgehead atoms. The number of Topliss-reactive ketones (excluding diaryl/α,β-unsaturated/α-hetero) is 1. The van der Waals surface area contributed by atoms with Gasteiger partial charge in [0.15, 0.2) is 0 Å². The summed E-state index contributed by atoms with van der Waals surface area (Å²) in [7, 11) is 0. The molecular formula is C21H21ClO2.